The van der Waals surface area contributed by atoms with Crippen molar-refractivity contribution in [1.82, 2.24) is 4.98 Å². The molecule has 0 spiro atoms. The van der Waals surface area contributed by atoms with Crippen molar-refractivity contribution in [3.8, 4) is 0 Å². The highest BCUT2D eigenvalue weighted by Crippen LogP contribution is 2.19. The Bertz CT molecular complexity index is 426. The number of carbonyl (C=O) groups excluding carboxylic acids is 1. The van der Waals surface area contributed by atoms with E-state index in [9.17, 15) is 9.90 Å². The highest BCUT2D eigenvalue weighted by molar-refractivity contribution is 5.76. The summed E-state index contributed by atoms with van der Waals surface area (Å²) >= 11 is 0. The van der Waals surface area contributed by atoms with E-state index in [4.69, 9.17) is 10.5 Å². The predicted octanol–water partition coefficient (Wildman–Crippen LogP) is 1.09. The van der Waals surface area contributed by atoms with Gasteiger partial charge in [0.25, 0.3) is 0 Å². The van der Waals surface area contributed by atoms with E-state index in [1.165, 1.54) is 0 Å². The minimum Gasteiger partial charge on any atom is -0.459 e. The monoisotopic (exact) mass is 252 g/mol. The summed E-state index contributed by atoms with van der Waals surface area (Å²) in [6.45, 7) is 7.04. The molecule has 5 heteroatoms. The Hall–Kier alpha value is -1.46. The Balaban J connectivity index is 2.82. The molecule has 1 heterocycles. The van der Waals surface area contributed by atoms with Crippen LogP contribution < -0.4 is 5.73 Å². The number of hydrogen-bond donors (Lipinski definition) is 2. The zero-order valence-corrected chi connectivity index (χ0v) is 11.2. The quantitative estimate of drug-likeness (QED) is 0.787. The molecule has 1 aromatic heterocycles. The number of aryl methyl sites for hydroxylation is 1. The van der Waals surface area contributed by atoms with Crippen LogP contribution in [0.15, 0.2) is 18.3 Å². The van der Waals surface area contributed by atoms with E-state index in [2.05, 4.69) is 4.98 Å². The Morgan fingerprint density at radius 1 is 1.50 bits per heavy atom. The lowest BCUT2D eigenvalue weighted by atomic mass is 10.0. The van der Waals surface area contributed by atoms with Gasteiger partial charge in [-0.25, -0.2) is 0 Å². The highest BCUT2D eigenvalue weighted by atomic mass is 16.6. The molecular formula is C13H20N2O3. The molecule has 0 radical (unpaired) electrons. The number of aliphatic hydroxyl groups excluding tert-OH is 1. The van der Waals surface area contributed by atoms with Crippen LogP contribution in [0.3, 0.4) is 0 Å². The van der Waals surface area contributed by atoms with Gasteiger partial charge in [0.15, 0.2) is 0 Å². The third-order valence-electron chi connectivity index (χ3n) is 2.35. The second-order valence-corrected chi connectivity index (χ2v) is 5.21. The summed E-state index contributed by atoms with van der Waals surface area (Å²) in [4.78, 5) is 15.8. The van der Waals surface area contributed by atoms with Gasteiger partial charge in [-0.3, -0.25) is 9.78 Å². The molecular weight excluding hydrogens is 232 g/mol. The molecule has 1 aromatic rings. The van der Waals surface area contributed by atoms with Gasteiger partial charge in [-0.15, -0.1) is 0 Å². The number of ether oxygens (including phenoxy) is 1. The summed E-state index contributed by atoms with van der Waals surface area (Å²) in [5, 5.41) is 10.0. The van der Waals surface area contributed by atoms with E-state index in [-0.39, 0.29) is 0 Å². The van der Waals surface area contributed by atoms with Gasteiger partial charge in [0, 0.05) is 6.20 Å². The first-order chi connectivity index (χ1) is 8.22. The second-order valence-electron chi connectivity index (χ2n) is 5.21. The van der Waals surface area contributed by atoms with Crippen LogP contribution in [0.1, 0.15) is 38.1 Å². The molecule has 0 saturated heterocycles. The molecule has 0 aliphatic rings. The van der Waals surface area contributed by atoms with Crippen LogP contribution in [0.25, 0.3) is 0 Å². The average Bonchev–Trinajstić information content (AvgIpc) is 2.25. The molecule has 0 aromatic carbocycles. The number of esters is 1. The van der Waals surface area contributed by atoms with E-state index < -0.39 is 23.7 Å². The van der Waals surface area contributed by atoms with Crippen LogP contribution in [-0.2, 0) is 9.53 Å². The van der Waals surface area contributed by atoms with Crippen molar-refractivity contribution < 1.29 is 14.6 Å². The molecule has 3 N–H and O–H groups in total. The summed E-state index contributed by atoms with van der Waals surface area (Å²) in [7, 11) is 0. The van der Waals surface area contributed by atoms with Crippen molar-refractivity contribution >= 4 is 5.97 Å². The molecule has 0 bridgehead atoms. The van der Waals surface area contributed by atoms with Gasteiger partial charge >= 0.3 is 5.97 Å². The van der Waals surface area contributed by atoms with E-state index in [1.807, 2.05) is 0 Å². The van der Waals surface area contributed by atoms with Gasteiger partial charge in [0.2, 0.25) is 0 Å². The molecule has 1 rings (SSSR count). The van der Waals surface area contributed by atoms with Crippen molar-refractivity contribution in [3.63, 3.8) is 0 Å². The number of nitrogens with two attached hydrogens (primary N) is 1. The first kappa shape index (κ1) is 14.6. The fourth-order valence-corrected chi connectivity index (χ4v) is 1.48. The number of aliphatic hydroxyl groups is 1. The minimum atomic E-state index is -1.17. The fraction of sp³-hybridized carbons (Fsp3) is 0.538. The van der Waals surface area contributed by atoms with Crippen molar-refractivity contribution in [2.45, 2.75) is 45.4 Å². The van der Waals surface area contributed by atoms with E-state index >= 15 is 0 Å². The van der Waals surface area contributed by atoms with Gasteiger partial charge in [-0.05, 0) is 39.3 Å². The van der Waals surface area contributed by atoms with E-state index in [0.717, 1.165) is 5.56 Å². The molecule has 0 saturated carbocycles. The number of aromatic nitrogens is 1. The number of carbonyl (C=O) groups is 1. The van der Waals surface area contributed by atoms with Gasteiger partial charge < -0.3 is 15.6 Å². The normalized spacial score (nSPS) is 15.0. The smallest absolute Gasteiger partial charge is 0.326 e. The number of nitrogens with zero attached hydrogens (tertiary/aromatic N) is 1. The van der Waals surface area contributed by atoms with Crippen LogP contribution in [0, 0.1) is 6.92 Å². The average molecular weight is 252 g/mol. The maximum Gasteiger partial charge on any atom is 0.326 e. The van der Waals surface area contributed by atoms with Gasteiger partial charge in [0.05, 0.1) is 5.69 Å². The topological polar surface area (TPSA) is 85.4 Å². The zero-order chi connectivity index (χ0) is 13.9. The van der Waals surface area contributed by atoms with Crippen LogP contribution >= 0.6 is 0 Å². The van der Waals surface area contributed by atoms with E-state index in [1.54, 1.807) is 46.0 Å². The molecule has 100 valence electrons. The number of hydrogen-bond acceptors (Lipinski definition) is 5. The molecule has 0 unspecified atom stereocenters. The summed E-state index contributed by atoms with van der Waals surface area (Å²) in [6.07, 6.45) is 0.383. The van der Waals surface area contributed by atoms with Crippen LogP contribution in [-0.4, -0.2) is 27.7 Å². The Kier molecular flexibility index (Phi) is 4.43. The van der Waals surface area contributed by atoms with Gasteiger partial charge in [-0.1, -0.05) is 6.07 Å². The lowest BCUT2D eigenvalue weighted by Gasteiger charge is -2.24. The van der Waals surface area contributed by atoms with Crippen LogP contribution in [0.2, 0.25) is 0 Å². The third-order valence-corrected chi connectivity index (χ3v) is 2.35. The van der Waals surface area contributed by atoms with Crippen molar-refractivity contribution in [1.29, 1.82) is 0 Å². The Morgan fingerprint density at radius 3 is 2.61 bits per heavy atom. The second kappa shape index (κ2) is 5.46. The molecule has 0 aliphatic heterocycles. The summed E-state index contributed by atoms with van der Waals surface area (Å²) < 4.78 is 5.13. The first-order valence-electron chi connectivity index (χ1n) is 5.80. The SMILES string of the molecule is Cc1cccnc1[C@@H](O)[C@@H](N)C(=O)OC(C)(C)C. The highest BCUT2D eigenvalue weighted by Gasteiger charge is 2.30. The molecule has 0 aliphatic carbocycles. The number of rotatable bonds is 3. The summed E-state index contributed by atoms with van der Waals surface area (Å²) in [5.74, 6) is -0.639. The minimum absolute atomic E-state index is 0.399. The van der Waals surface area contributed by atoms with Crippen molar-refractivity contribution in [3.05, 3.63) is 29.6 Å². The molecule has 18 heavy (non-hydrogen) atoms. The summed E-state index contributed by atoms with van der Waals surface area (Å²) in [5.41, 5.74) is 6.25. The number of pyridine rings is 1. The van der Waals surface area contributed by atoms with Crippen LogP contribution in [0.4, 0.5) is 0 Å². The summed E-state index contributed by atoms with van der Waals surface area (Å²) in [6, 6.07) is 2.41. The lowest BCUT2D eigenvalue weighted by molar-refractivity contribution is -0.159. The molecule has 0 amide bonds. The fourth-order valence-electron chi connectivity index (χ4n) is 1.48. The van der Waals surface area contributed by atoms with E-state index in [0.29, 0.717) is 5.69 Å². The van der Waals surface area contributed by atoms with Crippen LogP contribution in [0.5, 0.6) is 0 Å². The predicted molar refractivity (Wildman–Crippen MR) is 67.8 cm³/mol. The Labute approximate surface area is 107 Å². The maximum atomic E-state index is 11.7. The first-order valence-corrected chi connectivity index (χ1v) is 5.80. The zero-order valence-electron chi connectivity index (χ0n) is 11.2. The van der Waals surface area contributed by atoms with Gasteiger partial charge in [-0.2, -0.15) is 0 Å². The lowest BCUT2D eigenvalue weighted by Crippen LogP contribution is -2.42. The largest absolute Gasteiger partial charge is 0.459 e. The standard InChI is InChI=1S/C13H20N2O3/c1-8-6-5-7-15-10(8)11(16)9(14)12(17)18-13(2,3)4/h5-7,9,11,16H,14H2,1-4H3/t9-,11+/m1/s1. The molecule has 5 nitrogen and oxygen atoms in total. The third kappa shape index (κ3) is 3.78. The Morgan fingerprint density at radius 2 is 2.11 bits per heavy atom. The van der Waals surface area contributed by atoms with Crippen molar-refractivity contribution in [2.75, 3.05) is 0 Å². The maximum absolute atomic E-state index is 11.7. The molecule has 0 fully saturated rings. The molecule has 2 atom stereocenters. The van der Waals surface area contributed by atoms with Gasteiger partial charge in [0.1, 0.15) is 17.7 Å². The van der Waals surface area contributed by atoms with Crippen molar-refractivity contribution in [2.24, 2.45) is 5.73 Å².